The topological polar surface area (TPSA) is 35.2 Å². The summed E-state index contributed by atoms with van der Waals surface area (Å²) in [5.74, 6) is 3.64. The Morgan fingerprint density at radius 1 is 1.25 bits per heavy atom. The zero-order valence-electron chi connectivity index (χ0n) is 12.9. The molecule has 0 spiro atoms. The molecule has 2 N–H and O–H groups in total. The Balaban J connectivity index is 2.10. The Morgan fingerprint density at radius 3 is 2.70 bits per heavy atom. The molecular formula is C17H27NOS. The molecule has 3 unspecified atom stereocenters. The molecule has 3 atom stereocenters. The zero-order valence-corrected chi connectivity index (χ0v) is 13.7. The lowest BCUT2D eigenvalue weighted by Crippen LogP contribution is -2.29. The Hall–Kier alpha value is -0.670. The second-order valence-electron chi connectivity index (χ2n) is 5.88. The highest BCUT2D eigenvalue weighted by Crippen LogP contribution is 2.35. The third kappa shape index (κ3) is 3.70. The predicted molar refractivity (Wildman–Crippen MR) is 87.3 cm³/mol. The van der Waals surface area contributed by atoms with Gasteiger partial charge in [0, 0.05) is 17.0 Å². The summed E-state index contributed by atoms with van der Waals surface area (Å²) in [5.41, 5.74) is 7.11. The smallest absolute Gasteiger partial charge is 0.125 e. The fourth-order valence-corrected chi connectivity index (χ4v) is 3.78. The van der Waals surface area contributed by atoms with Crippen molar-refractivity contribution in [3.8, 4) is 5.75 Å². The second-order valence-corrected chi connectivity index (χ2v) is 7.18. The molecule has 20 heavy (non-hydrogen) atoms. The van der Waals surface area contributed by atoms with E-state index in [4.69, 9.17) is 10.5 Å². The fraction of sp³-hybridized carbons (Fsp3) is 0.647. The molecule has 112 valence electrons. The first-order chi connectivity index (χ1) is 9.65. The van der Waals surface area contributed by atoms with Gasteiger partial charge in [-0.2, -0.15) is 0 Å². The highest BCUT2D eigenvalue weighted by molar-refractivity contribution is 7.99. The van der Waals surface area contributed by atoms with Crippen molar-refractivity contribution in [1.82, 2.24) is 0 Å². The highest BCUT2D eigenvalue weighted by Gasteiger charge is 2.26. The van der Waals surface area contributed by atoms with Crippen molar-refractivity contribution < 1.29 is 4.74 Å². The van der Waals surface area contributed by atoms with Gasteiger partial charge in [0.1, 0.15) is 5.75 Å². The second kappa shape index (κ2) is 7.37. The van der Waals surface area contributed by atoms with Gasteiger partial charge in [-0.15, -0.1) is 11.8 Å². The molecule has 0 amide bonds. The summed E-state index contributed by atoms with van der Waals surface area (Å²) in [6, 6.07) is 6.31. The molecule has 1 aliphatic rings. The van der Waals surface area contributed by atoms with Gasteiger partial charge in [0.25, 0.3) is 0 Å². The summed E-state index contributed by atoms with van der Waals surface area (Å²) in [4.78, 5) is 1.27. The van der Waals surface area contributed by atoms with E-state index in [-0.39, 0.29) is 0 Å². The van der Waals surface area contributed by atoms with Crippen molar-refractivity contribution in [3.05, 3.63) is 23.8 Å². The molecule has 0 bridgehead atoms. The maximum Gasteiger partial charge on any atom is 0.125 e. The molecule has 2 rings (SSSR count). The van der Waals surface area contributed by atoms with E-state index in [0.29, 0.717) is 12.6 Å². The largest absolute Gasteiger partial charge is 0.490 e. The van der Waals surface area contributed by atoms with Crippen LogP contribution in [0.3, 0.4) is 0 Å². The van der Waals surface area contributed by atoms with Crippen molar-refractivity contribution in [3.63, 3.8) is 0 Å². The molecule has 1 saturated carbocycles. The van der Waals surface area contributed by atoms with Crippen LogP contribution >= 0.6 is 11.8 Å². The maximum atomic E-state index is 6.29. The Morgan fingerprint density at radius 2 is 2.05 bits per heavy atom. The lowest BCUT2D eigenvalue weighted by atomic mass is 9.80. The van der Waals surface area contributed by atoms with Crippen LogP contribution in [0.15, 0.2) is 23.1 Å². The lowest BCUT2D eigenvalue weighted by molar-refractivity contribution is 0.0994. The van der Waals surface area contributed by atoms with Crippen molar-refractivity contribution in [2.45, 2.75) is 57.6 Å². The first-order valence-corrected chi connectivity index (χ1v) is 8.75. The normalized spacial score (nSPS) is 26.5. The van der Waals surface area contributed by atoms with Gasteiger partial charge in [0.2, 0.25) is 0 Å². The van der Waals surface area contributed by atoms with Crippen LogP contribution in [0.5, 0.6) is 5.75 Å². The average molecular weight is 293 g/mol. The first kappa shape index (κ1) is 15.7. The van der Waals surface area contributed by atoms with Gasteiger partial charge < -0.3 is 10.5 Å². The highest BCUT2D eigenvalue weighted by atomic mass is 32.2. The van der Waals surface area contributed by atoms with Crippen LogP contribution in [0, 0.1) is 11.8 Å². The first-order valence-electron chi connectivity index (χ1n) is 7.77. The molecule has 1 aromatic carbocycles. The van der Waals surface area contributed by atoms with Crippen LogP contribution in [-0.2, 0) is 6.54 Å². The predicted octanol–water partition coefficient (Wildman–Crippen LogP) is 4.46. The molecular weight excluding hydrogens is 266 g/mol. The summed E-state index contributed by atoms with van der Waals surface area (Å²) in [6.45, 7) is 7.41. The molecule has 1 fully saturated rings. The number of nitrogens with two attached hydrogens (primary N) is 1. The van der Waals surface area contributed by atoms with Gasteiger partial charge in [-0.05, 0) is 49.0 Å². The van der Waals surface area contributed by atoms with Gasteiger partial charge in [0.05, 0.1) is 6.10 Å². The van der Waals surface area contributed by atoms with Crippen molar-refractivity contribution in [1.29, 1.82) is 0 Å². The van der Waals surface area contributed by atoms with E-state index in [1.807, 2.05) is 11.8 Å². The Bertz CT molecular complexity index is 435. The van der Waals surface area contributed by atoms with Gasteiger partial charge >= 0.3 is 0 Å². The van der Waals surface area contributed by atoms with Crippen molar-refractivity contribution >= 4 is 11.8 Å². The lowest BCUT2D eigenvalue weighted by Gasteiger charge is -2.32. The van der Waals surface area contributed by atoms with Crippen LogP contribution in [0.25, 0.3) is 0 Å². The summed E-state index contributed by atoms with van der Waals surface area (Å²) >= 11 is 1.84. The summed E-state index contributed by atoms with van der Waals surface area (Å²) in [5, 5.41) is 0. The number of thioether (sulfide) groups is 1. The molecule has 0 saturated heterocycles. The number of rotatable bonds is 5. The SMILES string of the molecule is CCSc1cccc(OC2CCC(C)C(C)C2)c1CN. The molecule has 0 aromatic heterocycles. The summed E-state index contributed by atoms with van der Waals surface area (Å²) in [7, 11) is 0. The van der Waals surface area contributed by atoms with Gasteiger partial charge in [0.15, 0.2) is 0 Å². The maximum absolute atomic E-state index is 6.29. The van der Waals surface area contributed by atoms with E-state index < -0.39 is 0 Å². The number of benzene rings is 1. The minimum absolute atomic E-state index is 0.355. The minimum atomic E-state index is 0.355. The number of ether oxygens (including phenoxy) is 1. The molecule has 0 aliphatic heterocycles. The quantitative estimate of drug-likeness (QED) is 0.814. The monoisotopic (exact) mass is 293 g/mol. The molecule has 1 aromatic rings. The third-order valence-electron chi connectivity index (χ3n) is 4.44. The van der Waals surface area contributed by atoms with Crippen LogP contribution in [0.2, 0.25) is 0 Å². The van der Waals surface area contributed by atoms with Crippen LogP contribution < -0.4 is 10.5 Å². The van der Waals surface area contributed by atoms with Gasteiger partial charge in [-0.25, -0.2) is 0 Å². The molecule has 2 nitrogen and oxygen atoms in total. The zero-order chi connectivity index (χ0) is 14.5. The molecule has 0 radical (unpaired) electrons. The van der Waals surface area contributed by atoms with Gasteiger partial charge in [-0.3, -0.25) is 0 Å². The number of hydrogen-bond acceptors (Lipinski definition) is 3. The minimum Gasteiger partial charge on any atom is -0.490 e. The van der Waals surface area contributed by atoms with E-state index >= 15 is 0 Å². The van der Waals surface area contributed by atoms with Crippen LogP contribution in [-0.4, -0.2) is 11.9 Å². The van der Waals surface area contributed by atoms with E-state index in [1.165, 1.54) is 23.3 Å². The van der Waals surface area contributed by atoms with Crippen molar-refractivity contribution in [2.75, 3.05) is 5.75 Å². The summed E-state index contributed by atoms with van der Waals surface area (Å²) < 4.78 is 6.29. The number of hydrogen-bond donors (Lipinski definition) is 1. The van der Waals surface area contributed by atoms with E-state index in [1.54, 1.807) is 0 Å². The molecule has 0 heterocycles. The molecule has 3 heteroatoms. The van der Waals surface area contributed by atoms with E-state index in [2.05, 4.69) is 39.0 Å². The van der Waals surface area contributed by atoms with Crippen molar-refractivity contribution in [2.24, 2.45) is 17.6 Å². The molecule has 1 aliphatic carbocycles. The van der Waals surface area contributed by atoms with Crippen LogP contribution in [0.1, 0.15) is 45.6 Å². The van der Waals surface area contributed by atoms with E-state index in [9.17, 15) is 0 Å². The standard InChI is InChI=1S/C17H27NOS/c1-4-20-17-7-5-6-16(15(17)11-18)19-14-9-8-12(2)13(3)10-14/h5-7,12-14H,4,8-11,18H2,1-3H3. The van der Waals surface area contributed by atoms with E-state index in [0.717, 1.165) is 29.8 Å². The van der Waals surface area contributed by atoms with Gasteiger partial charge in [-0.1, -0.05) is 26.8 Å². The third-order valence-corrected chi connectivity index (χ3v) is 5.42. The Labute approximate surface area is 127 Å². The fourth-order valence-electron chi connectivity index (χ4n) is 2.93. The van der Waals surface area contributed by atoms with Crippen LogP contribution in [0.4, 0.5) is 0 Å². The summed E-state index contributed by atoms with van der Waals surface area (Å²) in [6.07, 6.45) is 3.96. The Kier molecular flexibility index (Phi) is 5.79. The average Bonchev–Trinajstić information content (AvgIpc) is 2.44.